The SMILES string of the molecule is CCCCN(CCCC)P(F)N(CCCC)CCCC. The van der Waals surface area contributed by atoms with Gasteiger partial charge >= 0.3 is 0 Å². The summed E-state index contributed by atoms with van der Waals surface area (Å²) in [6.07, 6.45) is 9.05. The molecule has 2 nitrogen and oxygen atoms in total. The third-order valence-corrected chi connectivity index (χ3v) is 5.28. The van der Waals surface area contributed by atoms with E-state index in [0.29, 0.717) is 0 Å². The molecule has 0 rings (SSSR count). The van der Waals surface area contributed by atoms with Crippen LogP contribution in [0.3, 0.4) is 0 Å². The van der Waals surface area contributed by atoms with Crippen LogP contribution in [0.5, 0.6) is 0 Å². The molecule has 0 saturated carbocycles. The van der Waals surface area contributed by atoms with Gasteiger partial charge in [-0.3, -0.25) is 0 Å². The molecule has 0 spiro atoms. The molecule has 0 atom stereocenters. The highest BCUT2D eigenvalue weighted by Gasteiger charge is 2.24. The van der Waals surface area contributed by atoms with E-state index >= 15 is 0 Å². The molecule has 0 aliphatic rings. The molecule has 0 heterocycles. The van der Waals surface area contributed by atoms with Gasteiger partial charge in [0, 0.05) is 26.2 Å². The van der Waals surface area contributed by atoms with Crippen LogP contribution < -0.4 is 0 Å². The molecule has 0 amide bonds. The largest absolute Gasteiger partial charge is 0.243 e. The van der Waals surface area contributed by atoms with Crippen molar-refractivity contribution in [3.05, 3.63) is 0 Å². The van der Waals surface area contributed by atoms with Crippen molar-refractivity contribution in [2.75, 3.05) is 26.2 Å². The van der Waals surface area contributed by atoms with Gasteiger partial charge in [-0.25, -0.2) is 9.34 Å². The molecule has 0 aromatic rings. The number of nitrogens with zero attached hydrogens (tertiary/aromatic N) is 2. The summed E-state index contributed by atoms with van der Waals surface area (Å²) in [7, 11) is -1.59. The van der Waals surface area contributed by atoms with E-state index in [9.17, 15) is 4.20 Å². The maximum absolute atomic E-state index is 14.9. The van der Waals surface area contributed by atoms with Gasteiger partial charge in [-0.2, -0.15) is 4.20 Å². The summed E-state index contributed by atoms with van der Waals surface area (Å²) in [5.74, 6) is 0. The Bertz CT molecular complexity index is 169. The minimum atomic E-state index is -1.59. The molecule has 4 heteroatoms. The van der Waals surface area contributed by atoms with Gasteiger partial charge in [0.1, 0.15) is 0 Å². The molecule has 122 valence electrons. The number of unbranched alkanes of at least 4 members (excludes halogenated alkanes) is 4. The van der Waals surface area contributed by atoms with Gasteiger partial charge in [-0.05, 0) is 25.7 Å². The second kappa shape index (κ2) is 14.2. The lowest BCUT2D eigenvalue weighted by Gasteiger charge is -2.33. The van der Waals surface area contributed by atoms with Crippen molar-refractivity contribution in [1.29, 1.82) is 0 Å². The maximum atomic E-state index is 14.9. The highest BCUT2D eigenvalue weighted by atomic mass is 31.2. The van der Waals surface area contributed by atoms with Crippen molar-refractivity contribution in [1.82, 2.24) is 9.34 Å². The minimum absolute atomic E-state index is 0.924. The van der Waals surface area contributed by atoms with Crippen molar-refractivity contribution >= 4 is 8.53 Å². The van der Waals surface area contributed by atoms with Crippen LogP contribution in [0, 0.1) is 0 Å². The van der Waals surface area contributed by atoms with E-state index < -0.39 is 8.53 Å². The van der Waals surface area contributed by atoms with Crippen LogP contribution in [-0.4, -0.2) is 35.5 Å². The average Bonchev–Trinajstić information content (AvgIpc) is 2.47. The van der Waals surface area contributed by atoms with Gasteiger partial charge in [0.2, 0.25) is 8.53 Å². The summed E-state index contributed by atoms with van der Waals surface area (Å²) in [6, 6.07) is 0. The molecule has 0 fully saturated rings. The Kier molecular flexibility index (Phi) is 14.4. The van der Waals surface area contributed by atoms with E-state index in [1.54, 1.807) is 0 Å². The monoisotopic (exact) mass is 306 g/mol. The summed E-state index contributed by atoms with van der Waals surface area (Å²) in [5.41, 5.74) is 0. The molecule has 0 aromatic heterocycles. The van der Waals surface area contributed by atoms with Crippen LogP contribution in [0.4, 0.5) is 4.20 Å². The van der Waals surface area contributed by atoms with Crippen molar-refractivity contribution in [2.45, 2.75) is 79.1 Å². The molecular weight excluding hydrogens is 270 g/mol. The van der Waals surface area contributed by atoms with Gasteiger partial charge < -0.3 is 0 Å². The van der Waals surface area contributed by atoms with E-state index in [0.717, 1.165) is 77.5 Å². The molecule has 0 N–H and O–H groups in total. The fraction of sp³-hybridized carbons (Fsp3) is 1.00. The topological polar surface area (TPSA) is 6.48 Å². The lowest BCUT2D eigenvalue weighted by atomic mass is 10.3. The Labute approximate surface area is 128 Å². The van der Waals surface area contributed by atoms with Gasteiger partial charge in [-0.1, -0.05) is 53.4 Å². The molecule has 0 bridgehead atoms. The van der Waals surface area contributed by atoms with Gasteiger partial charge in [0.05, 0.1) is 0 Å². The fourth-order valence-electron chi connectivity index (χ4n) is 2.10. The summed E-state index contributed by atoms with van der Waals surface area (Å²) >= 11 is 0. The number of hydrogen-bond acceptors (Lipinski definition) is 2. The van der Waals surface area contributed by atoms with E-state index in [1.807, 2.05) is 0 Å². The summed E-state index contributed by atoms with van der Waals surface area (Å²) in [4.78, 5) is 0. The van der Waals surface area contributed by atoms with E-state index in [-0.39, 0.29) is 0 Å². The Hall–Kier alpha value is 0.280. The highest BCUT2D eigenvalue weighted by Crippen LogP contribution is 2.46. The first-order chi connectivity index (χ1) is 9.71. The molecular formula is C16H36FN2P. The first-order valence-electron chi connectivity index (χ1n) is 8.66. The third-order valence-electron chi connectivity index (χ3n) is 3.55. The van der Waals surface area contributed by atoms with Crippen molar-refractivity contribution in [3.8, 4) is 0 Å². The van der Waals surface area contributed by atoms with E-state index in [2.05, 4.69) is 37.0 Å². The van der Waals surface area contributed by atoms with Crippen LogP contribution >= 0.6 is 8.53 Å². The normalized spacial score (nSPS) is 12.0. The van der Waals surface area contributed by atoms with Crippen LogP contribution in [0.25, 0.3) is 0 Å². The quantitative estimate of drug-likeness (QED) is 0.364. The van der Waals surface area contributed by atoms with Crippen molar-refractivity contribution in [2.24, 2.45) is 0 Å². The molecule has 0 saturated heterocycles. The molecule has 0 aliphatic carbocycles. The average molecular weight is 306 g/mol. The third kappa shape index (κ3) is 9.26. The molecule has 0 aliphatic heterocycles. The van der Waals surface area contributed by atoms with Gasteiger partial charge in [0.15, 0.2) is 0 Å². The zero-order chi connectivity index (χ0) is 15.2. The Morgan fingerprint density at radius 2 is 0.850 bits per heavy atom. The van der Waals surface area contributed by atoms with Crippen LogP contribution in [0.1, 0.15) is 79.1 Å². The predicted molar refractivity (Wildman–Crippen MR) is 90.8 cm³/mol. The Balaban J connectivity index is 4.49. The van der Waals surface area contributed by atoms with Gasteiger partial charge in [0.25, 0.3) is 0 Å². The fourth-order valence-corrected chi connectivity index (χ4v) is 3.68. The zero-order valence-corrected chi connectivity index (χ0v) is 15.1. The second-order valence-electron chi connectivity index (χ2n) is 5.56. The molecule has 0 aromatic carbocycles. The van der Waals surface area contributed by atoms with Crippen LogP contribution in [-0.2, 0) is 0 Å². The summed E-state index contributed by atoms with van der Waals surface area (Å²) in [6.45, 7) is 12.4. The summed E-state index contributed by atoms with van der Waals surface area (Å²) in [5, 5.41) is 0. The standard InChI is InChI=1S/C16H36FN2P/c1-5-9-13-18(14-10-6-2)20(17)19(15-11-7-3)16-12-8-4/h5-16H2,1-4H3. The smallest absolute Gasteiger partial charge is 0.236 e. The molecule has 0 unspecified atom stereocenters. The van der Waals surface area contributed by atoms with Crippen LogP contribution in [0.15, 0.2) is 0 Å². The lowest BCUT2D eigenvalue weighted by Crippen LogP contribution is -2.30. The van der Waals surface area contributed by atoms with Crippen molar-refractivity contribution < 1.29 is 4.20 Å². The summed E-state index contributed by atoms with van der Waals surface area (Å²) < 4.78 is 19.2. The molecule has 20 heavy (non-hydrogen) atoms. The number of halogens is 1. The number of hydrogen-bond donors (Lipinski definition) is 0. The zero-order valence-electron chi connectivity index (χ0n) is 14.2. The minimum Gasteiger partial charge on any atom is -0.243 e. The highest BCUT2D eigenvalue weighted by molar-refractivity contribution is 7.46. The van der Waals surface area contributed by atoms with Crippen LogP contribution in [0.2, 0.25) is 0 Å². The van der Waals surface area contributed by atoms with Crippen molar-refractivity contribution in [3.63, 3.8) is 0 Å². The Morgan fingerprint density at radius 3 is 1.05 bits per heavy atom. The van der Waals surface area contributed by atoms with Gasteiger partial charge in [-0.15, -0.1) is 0 Å². The molecule has 0 radical (unpaired) electrons. The van der Waals surface area contributed by atoms with E-state index in [1.165, 1.54) is 0 Å². The first-order valence-corrected chi connectivity index (χ1v) is 9.80. The Morgan fingerprint density at radius 1 is 0.600 bits per heavy atom. The maximum Gasteiger partial charge on any atom is 0.236 e. The van der Waals surface area contributed by atoms with E-state index in [4.69, 9.17) is 0 Å². The number of rotatable bonds is 14. The predicted octanol–water partition coefficient (Wildman–Crippen LogP) is 5.99. The lowest BCUT2D eigenvalue weighted by molar-refractivity contribution is 0.339. The first kappa shape index (κ1) is 20.3. The second-order valence-corrected chi connectivity index (χ2v) is 7.17.